The van der Waals surface area contributed by atoms with E-state index in [9.17, 15) is 8.42 Å². The highest BCUT2D eigenvalue weighted by Gasteiger charge is 2.31. The zero-order valence-electron chi connectivity index (χ0n) is 10.4. The summed E-state index contributed by atoms with van der Waals surface area (Å²) in [7, 11) is -3.03. The van der Waals surface area contributed by atoms with Crippen molar-refractivity contribution in [1.82, 2.24) is 10.0 Å². The number of nitrogens with one attached hydrogen (secondary N) is 2. The zero-order valence-corrected chi connectivity index (χ0v) is 12.0. The molecule has 0 aromatic carbocycles. The lowest BCUT2D eigenvalue weighted by Gasteiger charge is -2.34. The Morgan fingerprint density at radius 2 is 1.88 bits per heavy atom. The summed E-state index contributed by atoms with van der Waals surface area (Å²) in [6, 6.07) is 0. The van der Waals surface area contributed by atoms with Crippen LogP contribution in [0.15, 0.2) is 0 Å². The highest BCUT2D eigenvalue weighted by atomic mass is 35.5. The van der Waals surface area contributed by atoms with Crippen LogP contribution in [0, 0.1) is 11.3 Å². The van der Waals surface area contributed by atoms with Crippen LogP contribution in [-0.2, 0) is 10.0 Å². The number of hydrogen-bond acceptors (Lipinski definition) is 3. The van der Waals surface area contributed by atoms with Crippen LogP contribution in [0.5, 0.6) is 0 Å². The van der Waals surface area contributed by atoms with E-state index in [4.69, 9.17) is 0 Å². The first-order valence-electron chi connectivity index (χ1n) is 6.17. The summed E-state index contributed by atoms with van der Waals surface area (Å²) < 4.78 is 26.3. The normalized spacial score (nSPS) is 24.1. The van der Waals surface area contributed by atoms with Crippen LogP contribution in [0.3, 0.4) is 0 Å². The monoisotopic (exact) mass is 282 g/mol. The molecule has 2 N–H and O–H groups in total. The summed E-state index contributed by atoms with van der Waals surface area (Å²) in [6.07, 6.45) is 4.28. The average Bonchev–Trinajstić information content (AvgIpc) is 3.00. The second-order valence-corrected chi connectivity index (χ2v) is 7.46. The maximum Gasteiger partial charge on any atom is 0.211 e. The van der Waals surface area contributed by atoms with Crippen LogP contribution >= 0.6 is 12.4 Å². The Labute approximate surface area is 110 Å². The molecule has 17 heavy (non-hydrogen) atoms. The molecule has 2 rings (SSSR count). The predicted molar refractivity (Wildman–Crippen MR) is 72.0 cm³/mol. The molecule has 1 saturated carbocycles. The Kier molecular flexibility index (Phi) is 5.25. The highest BCUT2D eigenvalue weighted by Crippen LogP contribution is 2.31. The smallest absolute Gasteiger partial charge is 0.211 e. The van der Waals surface area contributed by atoms with Gasteiger partial charge in [0, 0.05) is 6.54 Å². The third-order valence-electron chi connectivity index (χ3n) is 3.68. The van der Waals surface area contributed by atoms with Crippen LogP contribution in [0.2, 0.25) is 0 Å². The second-order valence-electron chi connectivity index (χ2n) is 5.61. The Bertz CT molecular complexity index is 335. The molecule has 1 heterocycles. The molecule has 1 aliphatic carbocycles. The first kappa shape index (κ1) is 15.2. The molecule has 0 radical (unpaired) electrons. The summed E-state index contributed by atoms with van der Waals surface area (Å²) in [4.78, 5) is 0. The van der Waals surface area contributed by atoms with Crippen LogP contribution in [0.1, 0.15) is 32.6 Å². The van der Waals surface area contributed by atoms with Gasteiger partial charge in [0.25, 0.3) is 0 Å². The number of rotatable bonds is 5. The molecule has 0 atom stereocenters. The van der Waals surface area contributed by atoms with Crippen LogP contribution in [0.25, 0.3) is 0 Å². The largest absolute Gasteiger partial charge is 0.317 e. The molecule has 0 bridgehead atoms. The predicted octanol–water partition coefficient (Wildman–Crippen LogP) is 1.13. The third-order valence-corrected chi connectivity index (χ3v) is 5.18. The van der Waals surface area contributed by atoms with Crippen molar-refractivity contribution in [3.63, 3.8) is 0 Å². The fraction of sp³-hybridized carbons (Fsp3) is 1.00. The molecule has 0 spiro atoms. The molecule has 0 aromatic heterocycles. The van der Waals surface area contributed by atoms with Gasteiger partial charge in [-0.3, -0.25) is 0 Å². The first-order chi connectivity index (χ1) is 7.49. The molecule has 0 unspecified atom stereocenters. The molecular formula is C11H23ClN2O2S. The Morgan fingerprint density at radius 3 is 2.41 bits per heavy atom. The van der Waals surface area contributed by atoms with Gasteiger partial charge in [-0.25, -0.2) is 13.1 Å². The maximum atomic E-state index is 11.7. The van der Waals surface area contributed by atoms with E-state index < -0.39 is 10.0 Å². The van der Waals surface area contributed by atoms with Gasteiger partial charge in [-0.05, 0) is 50.1 Å². The third kappa shape index (κ3) is 5.12. The van der Waals surface area contributed by atoms with Gasteiger partial charge in [0.2, 0.25) is 10.0 Å². The number of hydrogen-bond donors (Lipinski definition) is 2. The van der Waals surface area contributed by atoms with Gasteiger partial charge in [0.15, 0.2) is 0 Å². The quantitative estimate of drug-likeness (QED) is 0.795. The average molecular weight is 283 g/mol. The molecule has 1 aliphatic heterocycles. The summed E-state index contributed by atoms with van der Waals surface area (Å²) >= 11 is 0. The number of sulfonamides is 1. The van der Waals surface area contributed by atoms with E-state index in [1.807, 2.05) is 0 Å². The molecular weight excluding hydrogens is 260 g/mol. The minimum absolute atomic E-state index is 0. The molecule has 2 aliphatic rings. The SMILES string of the molecule is CC1(CNS(=O)(=O)CC2CC2)CCNCC1.Cl. The van der Waals surface area contributed by atoms with Gasteiger partial charge in [0.1, 0.15) is 0 Å². The van der Waals surface area contributed by atoms with Crippen molar-refractivity contribution in [2.75, 3.05) is 25.4 Å². The van der Waals surface area contributed by atoms with Crippen molar-refractivity contribution in [1.29, 1.82) is 0 Å². The summed E-state index contributed by atoms with van der Waals surface area (Å²) in [6.45, 7) is 4.78. The van der Waals surface area contributed by atoms with Gasteiger partial charge >= 0.3 is 0 Å². The molecule has 2 fully saturated rings. The maximum absolute atomic E-state index is 11.7. The fourth-order valence-electron chi connectivity index (χ4n) is 2.15. The van der Waals surface area contributed by atoms with E-state index in [-0.39, 0.29) is 17.8 Å². The highest BCUT2D eigenvalue weighted by molar-refractivity contribution is 7.89. The lowest BCUT2D eigenvalue weighted by molar-refractivity contribution is 0.232. The molecule has 6 heteroatoms. The van der Waals surface area contributed by atoms with Crippen molar-refractivity contribution in [3.8, 4) is 0 Å². The van der Waals surface area contributed by atoms with Gasteiger partial charge < -0.3 is 5.32 Å². The van der Waals surface area contributed by atoms with Crippen molar-refractivity contribution >= 4 is 22.4 Å². The van der Waals surface area contributed by atoms with Crippen molar-refractivity contribution < 1.29 is 8.42 Å². The Balaban J connectivity index is 0.00000144. The molecule has 4 nitrogen and oxygen atoms in total. The van der Waals surface area contributed by atoms with E-state index in [1.54, 1.807) is 0 Å². The van der Waals surface area contributed by atoms with Crippen molar-refractivity contribution in [3.05, 3.63) is 0 Å². The molecule has 0 amide bonds. The zero-order chi connectivity index (χ0) is 11.6. The summed E-state index contributed by atoms with van der Waals surface area (Å²) in [5, 5.41) is 3.30. The van der Waals surface area contributed by atoms with Crippen LogP contribution < -0.4 is 10.0 Å². The summed E-state index contributed by atoms with van der Waals surface area (Å²) in [5.74, 6) is 0.764. The molecule has 0 aromatic rings. The minimum atomic E-state index is -3.03. The molecule has 102 valence electrons. The minimum Gasteiger partial charge on any atom is -0.317 e. The van der Waals surface area contributed by atoms with E-state index >= 15 is 0 Å². The second kappa shape index (κ2) is 5.87. The van der Waals surface area contributed by atoms with Crippen LogP contribution in [0.4, 0.5) is 0 Å². The lowest BCUT2D eigenvalue weighted by atomic mass is 9.81. The standard InChI is InChI=1S/C11H22N2O2S.ClH/c1-11(4-6-12-7-5-11)9-13-16(14,15)8-10-2-3-10;/h10,12-13H,2-9H2,1H3;1H. The number of halogens is 1. The van der Waals surface area contributed by atoms with Gasteiger partial charge in [-0.1, -0.05) is 6.92 Å². The van der Waals surface area contributed by atoms with Gasteiger partial charge in [0.05, 0.1) is 5.75 Å². The topological polar surface area (TPSA) is 58.2 Å². The fourth-order valence-corrected chi connectivity index (χ4v) is 3.79. The van der Waals surface area contributed by atoms with E-state index in [0.29, 0.717) is 18.2 Å². The summed E-state index contributed by atoms with van der Waals surface area (Å²) in [5.41, 5.74) is 0.141. The Morgan fingerprint density at radius 1 is 1.29 bits per heavy atom. The number of piperidine rings is 1. The Hall–Kier alpha value is 0.160. The van der Waals surface area contributed by atoms with Crippen molar-refractivity contribution in [2.45, 2.75) is 32.6 Å². The lowest BCUT2D eigenvalue weighted by Crippen LogP contribution is -2.43. The van der Waals surface area contributed by atoms with Crippen molar-refractivity contribution in [2.24, 2.45) is 11.3 Å². The molecule has 1 saturated heterocycles. The van der Waals surface area contributed by atoms with Gasteiger partial charge in [-0.15, -0.1) is 12.4 Å². The van der Waals surface area contributed by atoms with Gasteiger partial charge in [-0.2, -0.15) is 0 Å². The van der Waals surface area contributed by atoms with E-state index in [0.717, 1.165) is 38.8 Å². The van der Waals surface area contributed by atoms with E-state index in [2.05, 4.69) is 17.0 Å². The van der Waals surface area contributed by atoms with E-state index in [1.165, 1.54) is 0 Å². The van der Waals surface area contributed by atoms with Crippen LogP contribution in [-0.4, -0.2) is 33.8 Å². The first-order valence-corrected chi connectivity index (χ1v) is 7.82.